The lowest BCUT2D eigenvalue weighted by Crippen LogP contribution is -2.30. The number of carbonyl (C=O) groups excluding carboxylic acids is 4. The third-order valence-corrected chi connectivity index (χ3v) is 5.39. The van der Waals surface area contributed by atoms with Gasteiger partial charge in [-0.25, -0.2) is 18.4 Å². The fourth-order valence-electron chi connectivity index (χ4n) is 2.91. The van der Waals surface area contributed by atoms with Crippen molar-refractivity contribution in [3.8, 4) is 0 Å². The zero-order valence-corrected chi connectivity index (χ0v) is 17.2. The van der Waals surface area contributed by atoms with Gasteiger partial charge in [0.15, 0.2) is 6.10 Å². The van der Waals surface area contributed by atoms with Crippen LogP contribution in [0.15, 0.2) is 53.4 Å². The summed E-state index contributed by atoms with van der Waals surface area (Å²) in [5.74, 6) is -2.24. The van der Waals surface area contributed by atoms with E-state index in [1.807, 2.05) is 0 Å². The van der Waals surface area contributed by atoms with Gasteiger partial charge in [-0.15, -0.1) is 0 Å². The first-order chi connectivity index (χ1) is 14.6. The molecular weight excluding hydrogens is 426 g/mol. The topological polar surface area (TPSA) is 153 Å². The molecule has 1 saturated heterocycles. The fourth-order valence-corrected chi connectivity index (χ4v) is 3.47. The van der Waals surface area contributed by atoms with E-state index in [1.54, 1.807) is 0 Å². The smallest absolute Gasteiger partial charge is 0.338 e. The van der Waals surface area contributed by atoms with E-state index >= 15 is 0 Å². The van der Waals surface area contributed by atoms with Crippen LogP contribution in [0.5, 0.6) is 0 Å². The van der Waals surface area contributed by atoms with Gasteiger partial charge in [0.1, 0.15) is 0 Å². The summed E-state index contributed by atoms with van der Waals surface area (Å²) in [5, 5.41) is 7.51. The van der Waals surface area contributed by atoms with Crippen molar-refractivity contribution in [2.45, 2.75) is 30.8 Å². The van der Waals surface area contributed by atoms with Crippen molar-refractivity contribution in [1.29, 1.82) is 0 Å². The lowest BCUT2D eigenvalue weighted by Gasteiger charge is -2.16. The number of carbonyl (C=O) groups is 4. The quantitative estimate of drug-likeness (QED) is 0.500. The molecule has 1 aliphatic rings. The summed E-state index contributed by atoms with van der Waals surface area (Å²) in [7, 11) is -3.94. The lowest BCUT2D eigenvalue weighted by molar-refractivity contribution is -0.124. The second kappa shape index (κ2) is 8.66. The molecule has 0 aromatic heterocycles. The van der Waals surface area contributed by atoms with Gasteiger partial charge in [0.05, 0.1) is 16.1 Å². The predicted molar refractivity (Wildman–Crippen MR) is 109 cm³/mol. The molecule has 10 nitrogen and oxygen atoms in total. The molecule has 31 heavy (non-hydrogen) atoms. The van der Waals surface area contributed by atoms with Gasteiger partial charge in [-0.05, 0) is 43.3 Å². The number of hydrogen-bond donors (Lipinski definition) is 2. The zero-order valence-electron chi connectivity index (χ0n) is 16.4. The predicted octanol–water partition coefficient (Wildman–Crippen LogP) is 1.17. The number of hydrogen-bond acceptors (Lipinski definition) is 7. The summed E-state index contributed by atoms with van der Waals surface area (Å²) in [6.07, 6.45) is -1.00. The SMILES string of the molecule is CC(OC(=O)c1cccc(N2C(=O)CCC2=O)c1)C(=O)Nc1cccc(S(N)(=O)=O)c1. The molecule has 1 heterocycles. The van der Waals surface area contributed by atoms with Gasteiger partial charge in [0.2, 0.25) is 21.8 Å². The van der Waals surface area contributed by atoms with Crippen LogP contribution >= 0.6 is 0 Å². The van der Waals surface area contributed by atoms with E-state index in [-0.39, 0.29) is 46.5 Å². The number of ether oxygens (including phenoxy) is 1. The summed E-state index contributed by atoms with van der Waals surface area (Å²) in [4.78, 5) is 49.4. The minimum absolute atomic E-state index is 0.0564. The van der Waals surface area contributed by atoms with Gasteiger partial charge in [-0.1, -0.05) is 12.1 Å². The monoisotopic (exact) mass is 445 g/mol. The standard InChI is InChI=1S/C20H19N3O7S/c1-12(19(26)22-14-5-3-7-16(11-14)31(21,28)29)30-20(27)13-4-2-6-15(10-13)23-17(24)8-9-18(23)25/h2-7,10-12H,8-9H2,1H3,(H,22,26)(H2,21,28,29). The molecule has 0 bridgehead atoms. The summed E-state index contributed by atoms with van der Waals surface area (Å²) in [5.41, 5.74) is 0.465. The Morgan fingerprint density at radius 1 is 1.06 bits per heavy atom. The third-order valence-electron chi connectivity index (χ3n) is 4.47. The molecule has 162 valence electrons. The van der Waals surface area contributed by atoms with Crippen LogP contribution in [0.25, 0.3) is 0 Å². The summed E-state index contributed by atoms with van der Waals surface area (Å²) >= 11 is 0. The van der Waals surface area contributed by atoms with Crippen LogP contribution in [-0.2, 0) is 29.1 Å². The molecule has 0 saturated carbocycles. The Bertz CT molecular complexity index is 1160. The molecule has 1 aliphatic heterocycles. The van der Waals surface area contributed by atoms with E-state index in [2.05, 4.69) is 5.32 Å². The maximum atomic E-state index is 12.4. The first-order valence-electron chi connectivity index (χ1n) is 9.17. The molecule has 1 unspecified atom stereocenters. The van der Waals surface area contributed by atoms with Gasteiger partial charge < -0.3 is 10.1 Å². The summed E-state index contributed by atoms with van der Waals surface area (Å²) in [6.45, 7) is 1.34. The second-order valence-electron chi connectivity index (χ2n) is 6.78. The fraction of sp³-hybridized carbons (Fsp3) is 0.200. The maximum Gasteiger partial charge on any atom is 0.338 e. The van der Waals surface area contributed by atoms with Crippen molar-refractivity contribution in [3.63, 3.8) is 0 Å². The van der Waals surface area contributed by atoms with Crippen LogP contribution in [0.3, 0.4) is 0 Å². The number of imide groups is 1. The minimum Gasteiger partial charge on any atom is -0.449 e. The summed E-state index contributed by atoms with van der Waals surface area (Å²) < 4.78 is 28.0. The van der Waals surface area contributed by atoms with E-state index in [4.69, 9.17) is 9.88 Å². The number of benzene rings is 2. The van der Waals surface area contributed by atoms with Gasteiger partial charge in [-0.3, -0.25) is 19.3 Å². The molecule has 0 spiro atoms. The molecule has 2 aromatic rings. The van der Waals surface area contributed by atoms with Crippen LogP contribution in [0.4, 0.5) is 11.4 Å². The highest BCUT2D eigenvalue weighted by atomic mass is 32.2. The van der Waals surface area contributed by atoms with E-state index in [0.717, 1.165) is 4.90 Å². The number of esters is 1. The number of nitrogens with two attached hydrogens (primary N) is 1. The molecule has 0 radical (unpaired) electrons. The molecular formula is C20H19N3O7S. The number of amides is 3. The molecule has 3 rings (SSSR count). The Morgan fingerprint density at radius 3 is 2.35 bits per heavy atom. The van der Waals surface area contributed by atoms with E-state index in [9.17, 15) is 27.6 Å². The van der Waals surface area contributed by atoms with E-state index in [0.29, 0.717) is 0 Å². The van der Waals surface area contributed by atoms with Crippen LogP contribution < -0.4 is 15.4 Å². The first-order valence-corrected chi connectivity index (χ1v) is 10.7. The highest BCUT2D eigenvalue weighted by Gasteiger charge is 2.30. The molecule has 1 atom stereocenters. The highest BCUT2D eigenvalue weighted by Crippen LogP contribution is 2.24. The van der Waals surface area contributed by atoms with Crippen LogP contribution in [-0.4, -0.2) is 38.2 Å². The Kier molecular flexibility index (Phi) is 6.18. The third kappa shape index (κ3) is 5.13. The Labute approximate surface area is 178 Å². The molecule has 2 aromatic carbocycles. The number of sulfonamides is 1. The van der Waals surface area contributed by atoms with E-state index in [1.165, 1.54) is 55.5 Å². The highest BCUT2D eigenvalue weighted by molar-refractivity contribution is 7.89. The number of primary sulfonamides is 1. The Hall–Kier alpha value is -3.57. The van der Waals surface area contributed by atoms with Crippen molar-refractivity contribution in [2.75, 3.05) is 10.2 Å². The normalized spacial score (nSPS) is 15.0. The molecule has 3 amide bonds. The van der Waals surface area contributed by atoms with Gasteiger partial charge >= 0.3 is 5.97 Å². The number of nitrogens with one attached hydrogen (secondary N) is 1. The second-order valence-corrected chi connectivity index (χ2v) is 8.34. The Balaban J connectivity index is 1.68. The maximum absolute atomic E-state index is 12.4. The number of anilines is 2. The van der Waals surface area contributed by atoms with Crippen LogP contribution in [0.1, 0.15) is 30.1 Å². The molecule has 11 heteroatoms. The lowest BCUT2D eigenvalue weighted by atomic mass is 10.2. The van der Waals surface area contributed by atoms with Crippen molar-refractivity contribution in [2.24, 2.45) is 5.14 Å². The van der Waals surface area contributed by atoms with E-state index < -0.39 is 28.0 Å². The zero-order chi connectivity index (χ0) is 22.8. The van der Waals surface area contributed by atoms with Crippen molar-refractivity contribution < 1.29 is 32.3 Å². The van der Waals surface area contributed by atoms with Crippen molar-refractivity contribution in [1.82, 2.24) is 0 Å². The van der Waals surface area contributed by atoms with Crippen molar-refractivity contribution in [3.05, 3.63) is 54.1 Å². The average molecular weight is 445 g/mol. The number of rotatable bonds is 6. The Morgan fingerprint density at radius 2 is 1.71 bits per heavy atom. The van der Waals surface area contributed by atoms with Crippen LogP contribution in [0, 0.1) is 0 Å². The largest absolute Gasteiger partial charge is 0.449 e. The first kappa shape index (κ1) is 22.1. The molecule has 1 fully saturated rings. The summed E-state index contributed by atoms with van der Waals surface area (Å²) in [6, 6.07) is 11.1. The molecule has 3 N–H and O–H groups in total. The van der Waals surface area contributed by atoms with Crippen molar-refractivity contribution >= 4 is 45.1 Å². The van der Waals surface area contributed by atoms with Gasteiger partial charge in [0, 0.05) is 18.5 Å². The van der Waals surface area contributed by atoms with Gasteiger partial charge in [-0.2, -0.15) is 0 Å². The molecule has 0 aliphatic carbocycles. The van der Waals surface area contributed by atoms with Gasteiger partial charge in [0.25, 0.3) is 5.91 Å². The average Bonchev–Trinajstić information content (AvgIpc) is 3.05. The number of nitrogens with zero attached hydrogens (tertiary/aromatic N) is 1. The van der Waals surface area contributed by atoms with Crippen LogP contribution in [0.2, 0.25) is 0 Å². The minimum atomic E-state index is -3.94.